The number of rotatable bonds is 4. The summed E-state index contributed by atoms with van der Waals surface area (Å²) in [7, 11) is 0. The summed E-state index contributed by atoms with van der Waals surface area (Å²) >= 11 is 3.18. The highest BCUT2D eigenvalue weighted by atomic mass is 32.1. The van der Waals surface area contributed by atoms with Gasteiger partial charge in [-0.3, -0.25) is 10.1 Å². The average molecular weight is 381 g/mol. The highest BCUT2D eigenvalue weighted by Gasteiger charge is 2.13. The summed E-state index contributed by atoms with van der Waals surface area (Å²) in [6, 6.07) is 9.30. The van der Waals surface area contributed by atoms with Crippen molar-refractivity contribution in [3.63, 3.8) is 0 Å². The number of aryl methyl sites for hydroxylation is 2. The van der Waals surface area contributed by atoms with Crippen LogP contribution in [-0.2, 0) is 0 Å². The minimum Gasteiger partial charge on any atom is -0.298 e. The molecule has 3 aromatic heterocycles. The van der Waals surface area contributed by atoms with Gasteiger partial charge in [-0.1, -0.05) is 0 Å². The summed E-state index contributed by atoms with van der Waals surface area (Å²) in [5.41, 5.74) is 3.43. The highest BCUT2D eigenvalue weighted by Crippen LogP contribution is 2.32. The molecule has 1 amide bonds. The quantitative estimate of drug-likeness (QED) is 0.571. The summed E-state index contributed by atoms with van der Waals surface area (Å²) in [5, 5.41) is 9.49. The van der Waals surface area contributed by atoms with E-state index in [0.29, 0.717) is 10.7 Å². The van der Waals surface area contributed by atoms with Gasteiger partial charge in [-0.2, -0.15) is 5.10 Å². The van der Waals surface area contributed by atoms with E-state index in [9.17, 15) is 4.79 Å². The first-order valence-corrected chi connectivity index (χ1v) is 9.59. The number of hydrogen-bond acceptors (Lipinski definition) is 6. The number of benzene rings is 1. The van der Waals surface area contributed by atoms with Crippen molar-refractivity contribution in [2.24, 2.45) is 0 Å². The largest absolute Gasteiger partial charge is 0.298 e. The monoisotopic (exact) mass is 381 g/mol. The van der Waals surface area contributed by atoms with Crippen LogP contribution < -0.4 is 5.32 Å². The molecular weight excluding hydrogens is 366 g/mol. The molecule has 8 heteroatoms. The van der Waals surface area contributed by atoms with Crippen molar-refractivity contribution in [3.05, 3.63) is 63.7 Å². The second-order valence-corrected chi connectivity index (χ2v) is 8.02. The van der Waals surface area contributed by atoms with Gasteiger partial charge >= 0.3 is 0 Å². The molecule has 0 fully saturated rings. The van der Waals surface area contributed by atoms with E-state index < -0.39 is 0 Å². The average Bonchev–Trinajstić information content (AvgIpc) is 3.36. The van der Waals surface area contributed by atoms with Gasteiger partial charge in [0.25, 0.3) is 5.91 Å². The predicted molar refractivity (Wildman–Crippen MR) is 104 cm³/mol. The molecule has 4 rings (SSSR count). The van der Waals surface area contributed by atoms with Gasteiger partial charge in [0.1, 0.15) is 12.7 Å². The van der Waals surface area contributed by atoms with Crippen molar-refractivity contribution in [3.8, 4) is 16.9 Å². The topological polar surface area (TPSA) is 72.7 Å². The zero-order valence-corrected chi connectivity index (χ0v) is 15.8. The Hall–Kier alpha value is -2.84. The predicted octanol–water partition coefficient (Wildman–Crippen LogP) is 4.32. The van der Waals surface area contributed by atoms with E-state index in [1.54, 1.807) is 34.5 Å². The maximum atomic E-state index is 12.5. The fourth-order valence-electron chi connectivity index (χ4n) is 2.62. The molecule has 0 aliphatic carbocycles. The molecule has 0 bridgehead atoms. The Bertz CT molecular complexity index is 1050. The molecule has 0 spiro atoms. The Morgan fingerprint density at radius 3 is 2.65 bits per heavy atom. The van der Waals surface area contributed by atoms with Crippen molar-refractivity contribution in [1.29, 1.82) is 0 Å². The van der Waals surface area contributed by atoms with Crippen molar-refractivity contribution in [2.75, 3.05) is 5.32 Å². The van der Waals surface area contributed by atoms with E-state index in [1.807, 2.05) is 17.5 Å². The maximum absolute atomic E-state index is 12.5. The van der Waals surface area contributed by atoms with Crippen LogP contribution in [0.2, 0.25) is 0 Å². The molecule has 0 aliphatic heterocycles. The van der Waals surface area contributed by atoms with E-state index in [0.717, 1.165) is 16.9 Å². The Balaban J connectivity index is 1.49. The summed E-state index contributed by atoms with van der Waals surface area (Å²) in [6.07, 6.45) is 3.08. The molecule has 0 atom stereocenters. The fraction of sp³-hybridized carbons (Fsp3) is 0.111. The lowest BCUT2D eigenvalue weighted by atomic mass is 10.2. The number of nitrogens with zero attached hydrogens (tertiary/aromatic N) is 4. The van der Waals surface area contributed by atoms with Crippen LogP contribution in [0.4, 0.5) is 5.13 Å². The molecule has 4 aromatic rings. The van der Waals surface area contributed by atoms with Gasteiger partial charge < -0.3 is 0 Å². The van der Waals surface area contributed by atoms with Crippen molar-refractivity contribution in [1.82, 2.24) is 19.7 Å². The van der Waals surface area contributed by atoms with Crippen molar-refractivity contribution in [2.45, 2.75) is 13.8 Å². The SMILES string of the molecule is Cc1cc(-c2csc(NC(=O)c3ccc(-n4cncn4)cc3)n2)c(C)s1. The minimum atomic E-state index is -0.186. The molecule has 1 N–H and O–H groups in total. The molecule has 0 unspecified atom stereocenters. The van der Waals surface area contributed by atoms with Crippen molar-refractivity contribution < 1.29 is 4.79 Å². The number of thiazole rings is 1. The summed E-state index contributed by atoms with van der Waals surface area (Å²) in [6.45, 7) is 4.17. The third-order valence-electron chi connectivity index (χ3n) is 3.85. The number of thiophene rings is 1. The van der Waals surface area contributed by atoms with E-state index >= 15 is 0 Å². The Morgan fingerprint density at radius 2 is 2.00 bits per heavy atom. The first-order chi connectivity index (χ1) is 12.6. The molecule has 130 valence electrons. The van der Waals surface area contributed by atoms with Gasteiger partial charge in [0.2, 0.25) is 0 Å². The van der Waals surface area contributed by atoms with Crippen LogP contribution in [0.25, 0.3) is 16.9 Å². The minimum absolute atomic E-state index is 0.186. The molecule has 1 aromatic carbocycles. The van der Waals surface area contributed by atoms with Gasteiger partial charge in [0, 0.05) is 26.3 Å². The van der Waals surface area contributed by atoms with Crippen LogP contribution in [0.15, 0.2) is 48.4 Å². The zero-order chi connectivity index (χ0) is 18.1. The number of hydrogen-bond donors (Lipinski definition) is 1. The van der Waals surface area contributed by atoms with E-state index in [-0.39, 0.29) is 5.91 Å². The number of anilines is 1. The molecular formula is C18H15N5OS2. The highest BCUT2D eigenvalue weighted by molar-refractivity contribution is 7.14. The number of amides is 1. The van der Waals surface area contributed by atoms with Crippen LogP contribution in [0.3, 0.4) is 0 Å². The molecule has 0 radical (unpaired) electrons. The standard InChI is InChI=1S/C18H15N5OS2/c1-11-7-15(12(2)26-11)16-8-25-18(21-16)22-17(24)13-3-5-14(6-4-13)23-10-19-9-20-23/h3-10H,1-2H3,(H,21,22,24). The lowest BCUT2D eigenvalue weighted by molar-refractivity contribution is 0.102. The maximum Gasteiger partial charge on any atom is 0.257 e. The second-order valence-electron chi connectivity index (χ2n) is 5.71. The lowest BCUT2D eigenvalue weighted by Gasteiger charge is -2.04. The van der Waals surface area contributed by atoms with Crippen molar-refractivity contribution >= 4 is 33.7 Å². The first-order valence-electron chi connectivity index (χ1n) is 7.89. The van der Waals surface area contributed by atoms with Crippen LogP contribution in [-0.4, -0.2) is 25.7 Å². The van der Waals surface area contributed by atoms with Gasteiger partial charge in [0.15, 0.2) is 5.13 Å². The molecule has 0 aliphatic rings. The summed E-state index contributed by atoms with van der Waals surface area (Å²) in [4.78, 5) is 23.4. The Labute approximate surface area is 158 Å². The number of carbonyl (C=O) groups is 1. The van der Waals surface area contributed by atoms with Gasteiger partial charge in [-0.15, -0.1) is 22.7 Å². The Kier molecular flexibility index (Phi) is 4.36. The molecule has 6 nitrogen and oxygen atoms in total. The zero-order valence-electron chi connectivity index (χ0n) is 14.1. The van der Waals surface area contributed by atoms with E-state index in [4.69, 9.17) is 0 Å². The number of nitrogens with one attached hydrogen (secondary N) is 1. The van der Waals surface area contributed by atoms with Crippen LogP contribution in [0.1, 0.15) is 20.1 Å². The normalized spacial score (nSPS) is 10.8. The van der Waals surface area contributed by atoms with Crippen LogP contribution in [0, 0.1) is 13.8 Å². The molecule has 26 heavy (non-hydrogen) atoms. The van der Waals surface area contributed by atoms with Gasteiger partial charge in [0.05, 0.1) is 11.4 Å². The summed E-state index contributed by atoms with van der Waals surface area (Å²) < 4.78 is 1.64. The third kappa shape index (κ3) is 3.29. The third-order valence-corrected chi connectivity index (χ3v) is 5.58. The van der Waals surface area contributed by atoms with Gasteiger partial charge in [-0.05, 0) is 44.2 Å². The smallest absolute Gasteiger partial charge is 0.257 e. The van der Waals surface area contributed by atoms with Crippen LogP contribution >= 0.6 is 22.7 Å². The number of aromatic nitrogens is 4. The van der Waals surface area contributed by atoms with E-state index in [2.05, 4.69) is 40.3 Å². The molecule has 3 heterocycles. The number of carbonyl (C=O) groups excluding carboxylic acids is 1. The summed E-state index contributed by atoms with van der Waals surface area (Å²) in [5.74, 6) is -0.186. The van der Waals surface area contributed by atoms with Gasteiger partial charge in [-0.25, -0.2) is 14.6 Å². The van der Waals surface area contributed by atoms with Crippen LogP contribution in [0.5, 0.6) is 0 Å². The fourth-order valence-corrected chi connectivity index (χ4v) is 4.26. The molecule has 0 saturated heterocycles. The van der Waals surface area contributed by atoms with E-state index in [1.165, 1.54) is 27.4 Å². The Morgan fingerprint density at radius 1 is 1.19 bits per heavy atom. The second kappa shape index (κ2) is 6.81. The first kappa shape index (κ1) is 16.6. The lowest BCUT2D eigenvalue weighted by Crippen LogP contribution is -2.11. The molecule has 0 saturated carbocycles.